The van der Waals surface area contributed by atoms with E-state index < -0.39 is 0 Å². The molecule has 2 aromatic rings. The quantitative estimate of drug-likeness (QED) is 0.709. The first-order chi connectivity index (χ1) is 13.1. The summed E-state index contributed by atoms with van der Waals surface area (Å²) in [6.07, 6.45) is 4.12. The Morgan fingerprint density at radius 2 is 1.67 bits per heavy atom. The van der Waals surface area contributed by atoms with E-state index in [2.05, 4.69) is 50.2 Å². The molecule has 3 rings (SSSR count). The van der Waals surface area contributed by atoms with Crippen molar-refractivity contribution in [3.63, 3.8) is 0 Å². The lowest BCUT2D eigenvalue weighted by Gasteiger charge is -2.32. The molecule has 1 fully saturated rings. The molecule has 0 N–H and O–H groups in total. The summed E-state index contributed by atoms with van der Waals surface area (Å²) in [7, 11) is 0. The first kappa shape index (κ1) is 19.6. The van der Waals surface area contributed by atoms with Crippen LogP contribution in [0.2, 0.25) is 0 Å². The maximum atomic E-state index is 12.7. The number of hydrogen-bond donors (Lipinski definition) is 0. The third-order valence-corrected chi connectivity index (χ3v) is 5.16. The molecule has 1 saturated heterocycles. The fourth-order valence-corrected chi connectivity index (χ4v) is 3.65. The van der Waals surface area contributed by atoms with Crippen LogP contribution >= 0.6 is 0 Å². The van der Waals surface area contributed by atoms with Gasteiger partial charge >= 0.3 is 0 Å². The van der Waals surface area contributed by atoms with E-state index in [9.17, 15) is 4.79 Å². The lowest BCUT2D eigenvalue weighted by Crippen LogP contribution is -2.41. The zero-order valence-electron chi connectivity index (χ0n) is 16.6. The minimum absolute atomic E-state index is 0.147. The van der Waals surface area contributed by atoms with Gasteiger partial charge in [0.25, 0.3) is 5.91 Å². The lowest BCUT2D eigenvalue weighted by atomic mass is 10.0. The van der Waals surface area contributed by atoms with Gasteiger partial charge in [0.15, 0.2) is 0 Å². The third-order valence-electron chi connectivity index (χ3n) is 5.16. The number of likely N-dealkylation sites (tertiary alicyclic amines) is 1. The summed E-state index contributed by atoms with van der Waals surface area (Å²) >= 11 is 0. The summed E-state index contributed by atoms with van der Waals surface area (Å²) in [4.78, 5) is 14.7. The van der Waals surface area contributed by atoms with Crippen molar-refractivity contribution >= 4 is 5.91 Å². The molecule has 0 atom stereocenters. The Hall–Kier alpha value is -2.13. The van der Waals surface area contributed by atoms with E-state index in [-0.39, 0.29) is 12.0 Å². The number of benzene rings is 2. The van der Waals surface area contributed by atoms with Crippen LogP contribution < -0.4 is 0 Å². The molecule has 1 aliphatic rings. The second kappa shape index (κ2) is 9.70. The molecule has 0 saturated carbocycles. The number of nitrogens with zero attached hydrogens (tertiary/aromatic N) is 1. The Bertz CT molecular complexity index is 701. The Balaban J connectivity index is 1.42. The van der Waals surface area contributed by atoms with Crippen molar-refractivity contribution in [2.45, 2.75) is 45.6 Å². The van der Waals surface area contributed by atoms with Crippen molar-refractivity contribution in [3.05, 3.63) is 71.3 Å². The maximum Gasteiger partial charge on any atom is 0.253 e. The minimum atomic E-state index is 0.147. The highest BCUT2D eigenvalue weighted by atomic mass is 16.5. The maximum absolute atomic E-state index is 12.7. The smallest absolute Gasteiger partial charge is 0.253 e. The zero-order chi connectivity index (χ0) is 19.1. The van der Waals surface area contributed by atoms with Crippen molar-refractivity contribution in [2.24, 2.45) is 5.92 Å². The number of piperidine rings is 1. The molecule has 0 aliphatic carbocycles. The second-order valence-corrected chi connectivity index (χ2v) is 7.89. The van der Waals surface area contributed by atoms with E-state index in [4.69, 9.17) is 4.74 Å². The van der Waals surface area contributed by atoms with E-state index in [1.807, 2.05) is 23.1 Å². The van der Waals surface area contributed by atoms with Gasteiger partial charge in [-0.05, 0) is 54.9 Å². The predicted octanol–water partition coefficient (Wildman–Crippen LogP) is 4.75. The first-order valence-corrected chi connectivity index (χ1v) is 10.2. The van der Waals surface area contributed by atoms with Gasteiger partial charge in [0, 0.05) is 18.7 Å². The standard InChI is InChI=1S/C24H31NO2/c1-19(2)18-21-8-10-22(11-9-21)24(26)25-15-12-23(13-16-25)27-17-14-20-6-4-3-5-7-20/h3-11,19,23H,12-18H2,1-2H3. The van der Waals surface area contributed by atoms with E-state index >= 15 is 0 Å². The van der Waals surface area contributed by atoms with E-state index in [0.29, 0.717) is 5.92 Å². The Kier molecular flexibility index (Phi) is 7.05. The monoisotopic (exact) mass is 365 g/mol. The molecule has 1 aliphatic heterocycles. The molecule has 3 heteroatoms. The fraction of sp³-hybridized carbons (Fsp3) is 0.458. The van der Waals surface area contributed by atoms with Gasteiger partial charge in [-0.25, -0.2) is 0 Å². The second-order valence-electron chi connectivity index (χ2n) is 7.89. The predicted molar refractivity (Wildman–Crippen MR) is 110 cm³/mol. The molecule has 3 nitrogen and oxygen atoms in total. The van der Waals surface area contributed by atoms with E-state index in [1.165, 1.54) is 11.1 Å². The van der Waals surface area contributed by atoms with Gasteiger partial charge in [-0.15, -0.1) is 0 Å². The van der Waals surface area contributed by atoms with Gasteiger partial charge in [-0.2, -0.15) is 0 Å². The summed E-state index contributed by atoms with van der Waals surface area (Å²) in [5.41, 5.74) is 3.41. The topological polar surface area (TPSA) is 29.5 Å². The molecular formula is C24H31NO2. The van der Waals surface area contributed by atoms with Gasteiger partial charge in [-0.1, -0.05) is 56.3 Å². The van der Waals surface area contributed by atoms with Crippen LogP contribution in [-0.4, -0.2) is 36.6 Å². The largest absolute Gasteiger partial charge is 0.378 e. The average molecular weight is 366 g/mol. The highest BCUT2D eigenvalue weighted by molar-refractivity contribution is 5.94. The molecule has 0 unspecified atom stereocenters. The van der Waals surface area contributed by atoms with Crippen LogP contribution in [0.4, 0.5) is 0 Å². The summed E-state index contributed by atoms with van der Waals surface area (Å²) in [6.45, 7) is 6.74. The zero-order valence-corrected chi connectivity index (χ0v) is 16.6. The van der Waals surface area contributed by atoms with Crippen LogP contribution in [0.3, 0.4) is 0 Å². The van der Waals surface area contributed by atoms with Gasteiger partial charge in [0.05, 0.1) is 12.7 Å². The summed E-state index contributed by atoms with van der Waals surface area (Å²) in [5, 5.41) is 0. The highest BCUT2D eigenvalue weighted by Gasteiger charge is 2.24. The minimum Gasteiger partial charge on any atom is -0.378 e. The number of amides is 1. The number of carbonyl (C=O) groups excluding carboxylic acids is 1. The highest BCUT2D eigenvalue weighted by Crippen LogP contribution is 2.18. The number of hydrogen-bond acceptors (Lipinski definition) is 2. The van der Waals surface area contributed by atoms with Crippen molar-refractivity contribution in [2.75, 3.05) is 19.7 Å². The number of rotatable bonds is 7. The molecule has 0 radical (unpaired) electrons. The summed E-state index contributed by atoms with van der Waals surface area (Å²) in [6, 6.07) is 18.6. The Morgan fingerprint density at radius 3 is 2.30 bits per heavy atom. The third kappa shape index (κ3) is 5.93. The molecule has 1 amide bonds. The average Bonchev–Trinajstić information content (AvgIpc) is 2.69. The van der Waals surface area contributed by atoms with Crippen molar-refractivity contribution < 1.29 is 9.53 Å². The molecular weight excluding hydrogens is 334 g/mol. The normalized spacial score (nSPS) is 15.3. The molecule has 144 valence electrons. The van der Waals surface area contributed by atoms with E-state index in [1.54, 1.807) is 0 Å². The van der Waals surface area contributed by atoms with Crippen LogP contribution in [0.15, 0.2) is 54.6 Å². The molecule has 0 aromatic heterocycles. The van der Waals surface area contributed by atoms with Crippen LogP contribution in [0, 0.1) is 5.92 Å². The SMILES string of the molecule is CC(C)Cc1ccc(C(=O)N2CCC(OCCc3ccccc3)CC2)cc1. The Labute approximate surface area is 163 Å². The molecule has 27 heavy (non-hydrogen) atoms. The van der Waals surface area contributed by atoms with Crippen molar-refractivity contribution in [1.29, 1.82) is 0 Å². The number of carbonyl (C=O) groups is 1. The molecule has 1 heterocycles. The Morgan fingerprint density at radius 1 is 1.00 bits per heavy atom. The molecule has 2 aromatic carbocycles. The van der Waals surface area contributed by atoms with Crippen LogP contribution in [0.25, 0.3) is 0 Å². The lowest BCUT2D eigenvalue weighted by molar-refractivity contribution is 0.0100. The van der Waals surface area contributed by atoms with Crippen LogP contribution in [0.5, 0.6) is 0 Å². The van der Waals surface area contributed by atoms with Crippen LogP contribution in [-0.2, 0) is 17.6 Å². The van der Waals surface area contributed by atoms with Crippen molar-refractivity contribution in [3.8, 4) is 0 Å². The van der Waals surface area contributed by atoms with Gasteiger partial charge in [0.1, 0.15) is 0 Å². The van der Waals surface area contributed by atoms with Gasteiger partial charge in [0.2, 0.25) is 0 Å². The van der Waals surface area contributed by atoms with E-state index in [0.717, 1.165) is 50.9 Å². The number of ether oxygens (including phenoxy) is 1. The first-order valence-electron chi connectivity index (χ1n) is 10.2. The van der Waals surface area contributed by atoms with Gasteiger partial charge < -0.3 is 9.64 Å². The molecule has 0 spiro atoms. The van der Waals surface area contributed by atoms with Crippen LogP contribution in [0.1, 0.15) is 48.2 Å². The summed E-state index contributed by atoms with van der Waals surface area (Å²) in [5.74, 6) is 0.779. The molecule has 0 bridgehead atoms. The summed E-state index contributed by atoms with van der Waals surface area (Å²) < 4.78 is 6.04. The van der Waals surface area contributed by atoms with Crippen molar-refractivity contribution in [1.82, 2.24) is 4.90 Å². The van der Waals surface area contributed by atoms with Gasteiger partial charge in [-0.3, -0.25) is 4.79 Å². The fourth-order valence-electron chi connectivity index (χ4n) is 3.65.